The van der Waals surface area contributed by atoms with E-state index in [0.717, 1.165) is 5.41 Å². The molecular formula is C17H26N2O7S. The highest BCUT2D eigenvalue weighted by molar-refractivity contribution is 7.94. The normalized spacial score (nSPS) is 11.3. The first-order valence-electron chi connectivity index (χ1n) is 8.26. The van der Waals surface area contributed by atoms with Crippen molar-refractivity contribution < 1.29 is 32.2 Å². The average Bonchev–Trinajstić information content (AvgIpc) is 2.64. The lowest BCUT2D eigenvalue weighted by atomic mass is 10.2. The maximum Gasteiger partial charge on any atom is 0.338 e. The number of carbonyl (C=O) groups is 1. The molecule has 1 aromatic rings. The zero-order valence-corrected chi connectivity index (χ0v) is 15.9. The number of esters is 1. The van der Waals surface area contributed by atoms with E-state index < -0.39 is 15.8 Å². The number of hydrogen-bond acceptors (Lipinski definition) is 9. The van der Waals surface area contributed by atoms with Gasteiger partial charge < -0.3 is 30.4 Å². The summed E-state index contributed by atoms with van der Waals surface area (Å²) >= 11 is 0. The molecule has 0 spiro atoms. The van der Waals surface area contributed by atoms with Crippen molar-refractivity contribution in [3.8, 4) is 0 Å². The topological polar surface area (TPSA) is 140 Å². The van der Waals surface area contributed by atoms with E-state index >= 15 is 0 Å². The van der Waals surface area contributed by atoms with Crippen LogP contribution in [0.25, 0.3) is 0 Å². The van der Waals surface area contributed by atoms with Crippen LogP contribution in [0.4, 0.5) is 11.4 Å². The molecule has 0 fully saturated rings. The monoisotopic (exact) mass is 402 g/mol. The molecule has 0 amide bonds. The van der Waals surface area contributed by atoms with Crippen LogP contribution >= 0.6 is 0 Å². The summed E-state index contributed by atoms with van der Waals surface area (Å²) < 4.78 is 43.0. The predicted octanol–water partition coefficient (Wildman–Crippen LogP) is 0.616. The summed E-state index contributed by atoms with van der Waals surface area (Å²) in [5.74, 6) is -0.599. The number of carbonyl (C=O) groups excluding carboxylic acids is 1. The Bertz CT molecular complexity index is 707. The number of rotatable bonds is 14. The molecule has 0 aromatic heterocycles. The first-order chi connectivity index (χ1) is 12.9. The van der Waals surface area contributed by atoms with Gasteiger partial charge in [-0.25, -0.2) is 13.2 Å². The molecule has 0 aliphatic heterocycles. The fourth-order valence-electron chi connectivity index (χ4n) is 1.78. The van der Waals surface area contributed by atoms with Crippen molar-refractivity contribution >= 4 is 27.2 Å². The van der Waals surface area contributed by atoms with Crippen LogP contribution in [0.15, 0.2) is 30.2 Å². The van der Waals surface area contributed by atoms with Gasteiger partial charge in [0.05, 0.1) is 62.3 Å². The molecule has 0 saturated carbocycles. The minimum atomic E-state index is -3.23. The molecule has 1 rings (SSSR count). The fourth-order valence-corrected chi connectivity index (χ4v) is 2.30. The van der Waals surface area contributed by atoms with Gasteiger partial charge in [-0.05, 0) is 18.2 Å². The van der Waals surface area contributed by atoms with Gasteiger partial charge in [-0.3, -0.25) is 0 Å². The molecule has 152 valence electrons. The van der Waals surface area contributed by atoms with Crippen molar-refractivity contribution in [2.45, 2.75) is 0 Å². The second-order valence-corrected chi connectivity index (χ2v) is 7.42. The summed E-state index contributed by atoms with van der Waals surface area (Å²) in [4.78, 5) is 11.8. The number of anilines is 2. The lowest BCUT2D eigenvalue weighted by molar-refractivity contribution is 0.00197. The highest BCUT2D eigenvalue weighted by Gasteiger charge is 2.08. The minimum Gasteiger partial charge on any atom is -0.460 e. The standard InChI is InChI=1S/C17H26N2O7S/c1-2-27(21,22)12-11-25-8-7-23-5-6-24-9-10-26-17(20)14-3-4-15(18)16(19)13-14/h2-4,13H,1,5-12,18-19H2. The smallest absolute Gasteiger partial charge is 0.338 e. The van der Waals surface area contributed by atoms with Crippen LogP contribution in [0.1, 0.15) is 10.4 Å². The SMILES string of the molecule is C=CS(=O)(=O)CCOCCOCCOCCOC(=O)c1ccc(N)c(N)c1. The number of sulfone groups is 1. The largest absolute Gasteiger partial charge is 0.460 e. The van der Waals surface area contributed by atoms with Gasteiger partial charge in [0.15, 0.2) is 9.84 Å². The molecule has 0 heterocycles. The highest BCUT2D eigenvalue weighted by Crippen LogP contribution is 2.16. The van der Waals surface area contributed by atoms with Gasteiger partial charge in [0.1, 0.15) is 6.61 Å². The van der Waals surface area contributed by atoms with Crippen molar-refractivity contribution in [2.24, 2.45) is 0 Å². The van der Waals surface area contributed by atoms with E-state index in [2.05, 4.69) is 6.58 Å². The van der Waals surface area contributed by atoms with Gasteiger partial charge >= 0.3 is 5.97 Å². The van der Waals surface area contributed by atoms with Crippen LogP contribution in [0.5, 0.6) is 0 Å². The van der Waals surface area contributed by atoms with Crippen molar-refractivity contribution in [1.29, 1.82) is 0 Å². The van der Waals surface area contributed by atoms with E-state index in [1.54, 1.807) is 6.07 Å². The summed E-state index contributed by atoms with van der Waals surface area (Å²) in [6, 6.07) is 4.54. The number of hydrogen-bond donors (Lipinski definition) is 2. The third kappa shape index (κ3) is 9.94. The molecule has 0 bridgehead atoms. The molecular weight excluding hydrogens is 376 g/mol. The van der Waals surface area contributed by atoms with E-state index in [1.165, 1.54) is 12.1 Å². The zero-order chi connectivity index (χ0) is 20.1. The zero-order valence-electron chi connectivity index (χ0n) is 15.1. The predicted molar refractivity (Wildman–Crippen MR) is 102 cm³/mol. The minimum absolute atomic E-state index is 0.0959. The van der Waals surface area contributed by atoms with E-state index in [9.17, 15) is 13.2 Å². The third-order valence-electron chi connectivity index (χ3n) is 3.29. The molecule has 9 nitrogen and oxygen atoms in total. The van der Waals surface area contributed by atoms with Crippen LogP contribution in [-0.2, 0) is 28.8 Å². The van der Waals surface area contributed by atoms with E-state index in [1.807, 2.05) is 0 Å². The molecule has 0 radical (unpaired) electrons. The molecule has 1 aromatic carbocycles. The molecule has 0 unspecified atom stereocenters. The van der Waals surface area contributed by atoms with Gasteiger partial charge in [0.25, 0.3) is 0 Å². The van der Waals surface area contributed by atoms with Crippen molar-refractivity contribution in [3.63, 3.8) is 0 Å². The van der Waals surface area contributed by atoms with Gasteiger partial charge in [0.2, 0.25) is 0 Å². The third-order valence-corrected chi connectivity index (χ3v) is 4.54. The van der Waals surface area contributed by atoms with Crippen LogP contribution < -0.4 is 11.5 Å². The van der Waals surface area contributed by atoms with Crippen LogP contribution in [0.3, 0.4) is 0 Å². The Hall–Kier alpha value is -2.14. The Morgan fingerprint density at radius 3 is 2.04 bits per heavy atom. The molecule has 27 heavy (non-hydrogen) atoms. The summed E-state index contributed by atoms with van der Waals surface area (Å²) in [5.41, 5.74) is 12.3. The van der Waals surface area contributed by atoms with E-state index in [-0.39, 0.29) is 32.2 Å². The van der Waals surface area contributed by atoms with Crippen molar-refractivity contribution in [3.05, 3.63) is 35.7 Å². The summed E-state index contributed by atoms with van der Waals surface area (Å²) in [6.07, 6.45) is 0. The maximum atomic E-state index is 11.8. The van der Waals surface area contributed by atoms with E-state index in [4.69, 9.17) is 30.4 Å². The van der Waals surface area contributed by atoms with Crippen LogP contribution in [0, 0.1) is 0 Å². The Labute approximate surface area is 159 Å². The second kappa shape index (κ2) is 12.3. The van der Waals surface area contributed by atoms with Crippen molar-refractivity contribution in [1.82, 2.24) is 0 Å². The number of nitrogens with two attached hydrogens (primary N) is 2. The van der Waals surface area contributed by atoms with Gasteiger partial charge in [-0.2, -0.15) is 0 Å². The summed E-state index contributed by atoms with van der Waals surface area (Å²) in [7, 11) is -3.23. The quantitative estimate of drug-likeness (QED) is 0.260. The molecule has 4 N–H and O–H groups in total. The van der Waals surface area contributed by atoms with Crippen molar-refractivity contribution in [2.75, 3.05) is 63.5 Å². The first kappa shape index (κ1) is 22.9. The number of benzene rings is 1. The van der Waals surface area contributed by atoms with Gasteiger partial charge in [-0.15, -0.1) is 0 Å². The Morgan fingerprint density at radius 1 is 0.926 bits per heavy atom. The lowest BCUT2D eigenvalue weighted by Gasteiger charge is -2.08. The number of nitrogen functional groups attached to an aromatic ring is 2. The van der Waals surface area contributed by atoms with Gasteiger partial charge in [-0.1, -0.05) is 6.58 Å². The number of ether oxygens (including phenoxy) is 4. The highest BCUT2D eigenvalue weighted by atomic mass is 32.2. The molecule has 0 saturated heterocycles. The fraction of sp³-hybridized carbons (Fsp3) is 0.471. The Kier molecular flexibility index (Phi) is 10.4. The average molecular weight is 402 g/mol. The summed E-state index contributed by atoms with van der Waals surface area (Å²) in [6.45, 7) is 4.93. The lowest BCUT2D eigenvalue weighted by Crippen LogP contribution is -2.15. The molecule has 0 atom stereocenters. The van der Waals surface area contributed by atoms with Crippen LogP contribution in [-0.4, -0.2) is 66.4 Å². The van der Waals surface area contributed by atoms with Crippen LogP contribution in [0.2, 0.25) is 0 Å². The van der Waals surface area contributed by atoms with E-state index in [0.29, 0.717) is 36.8 Å². The van der Waals surface area contributed by atoms with Gasteiger partial charge in [0, 0.05) is 5.41 Å². The summed E-state index contributed by atoms with van der Waals surface area (Å²) in [5, 5.41) is 0.909. The molecule has 0 aliphatic rings. The Morgan fingerprint density at radius 2 is 1.48 bits per heavy atom. The second-order valence-electron chi connectivity index (χ2n) is 5.35. The first-order valence-corrected chi connectivity index (χ1v) is 9.98. The molecule has 10 heteroatoms. The maximum absolute atomic E-state index is 11.8. The Balaban J connectivity index is 1.96. The molecule has 0 aliphatic carbocycles.